The van der Waals surface area contributed by atoms with Crippen LogP contribution in [0.25, 0.3) is 20.2 Å². The molecule has 5 aromatic carbocycles. The van der Waals surface area contributed by atoms with Crippen LogP contribution in [0.4, 0.5) is 0 Å². The van der Waals surface area contributed by atoms with Crippen molar-refractivity contribution >= 4 is 57.5 Å². The van der Waals surface area contributed by atoms with Crippen LogP contribution >= 0.6 is 37.3 Å². The number of thiophene rings is 1. The number of halogens is 1. The molecule has 0 aliphatic carbocycles. The summed E-state index contributed by atoms with van der Waals surface area (Å²) in [5.74, 6) is 0. The summed E-state index contributed by atoms with van der Waals surface area (Å²) < 4.78 is 3.77. The molecular formula is C30H21BrS2. The molecule has 3 heteroatoms. The van der Waals surface area contributed by atoms with Crippen LogP contribution in [0.1, 0.15) is 0 Å². The van der Waals surface area contributed by atoms with E-state index in [1.807, 2.05) is 11.3 Å². The summed E-state index contributed by atoms with van der Waals surface area (Å²) in [7, 11) is -1.67. The Labute approximate surface area is 208 Å². The zero-order valence-corrected chi connectivity index (χ0v) is 21.0. The minimum absolute atomic E-state index is 1.12. The molecule has 0 radical (unpaired) electrons. The maximum Gasteiger partial charge on any atom is 0.0356 e. The Morgan fingerprint density at radius 3 is 1.42 bits per heavy atom. The zero-order chi connectivity index (χ0) is 22.3. The highest BCUT2D eigenvalue weighted by molar-refractivity contribution is 9.10. The molecule has 0 nitrogen and oxygen atoms in total. The fourth-order valence-electron chi connectivity index (χ4n) is 4.61. The molecule has 0 saturated heterocycles. The van der Waals surface area contributed by atoms with E-state index in [-0.39, 0.29) is 0 Å². The van der Waals surface area contributed by atoms with Gasteiger partial charge in [-0.2, -0.15) is 0 Å². The van der Waals surface area contributed by atoms with E-state index in [4.69, 9.17) is 0 Å². The molecule has 0 unspecified atom stereocenters. The normalized spacial score (nSPS) is 12.3. The first-order valence-electron chi connectivity index (χ1n) is 10.9. The van der Waals surface area contributed by atoms with Crippen molar-refractivity contribution in [2.75, 3.05) is 0 Å². The summed E-state index contributed by atoms with van der Waals surface area (Å²) in [5, 5.41) is 2.64. The Hall–Kier alpha value is -2.85. The van der Waals surface area contributed by atoms with Gasteiger partial charge in [0.1, 0.15) is 0 Å². The lowest BCUT2D eigenvalue weighted by Gasteiger charge is -2.42. The van der Waals surface area contributed by atoms with Gasteiger partial charge in [0.05, 0.1) is 0 Å². The highest BCUT2D eigenvalue weighted by Gasteiger charge is 2.33. The molecule has 6 aromatic rings. The zero-order valence-electron chi connectivity index (χ0n) is 17.8. The van der Waals surface area contributed by atoms with Gasteiger partial charge in [-0.25, -0.2) is 0 Å². The van der Waals surface area contributed by atoms with Gasteiger partial charge >= 0.3 is 0 Å². The van der Waals surface area contributed by atoms with Crippen LogP contribution < -0.4 is 0 Å². The molecule has 0 aliphatic heterocycles. The van der Waals surface area contributed by atoms with Gasteiger partial charge in [0, 0.05) is 44.2 Å². The van der Waals surface area contributed by atoms with Crippen molar-refractivity contribution in [1.29, 1.82) is 0 Å². The number of hydrogen-bond acceptors (Lipinski definition) is 1. The Bertz CT molecular complexity index is 1460. The van der Waals surface area contributed by atoms with Crippen molar-refractivity contribution in [2.24, 2.45) is 0 Å². The van der Waals surface area contributed by atoms with Gasteiger partial charge in [0.2, 0.25) is 0 Å². The molecule has 33 heavy (non-hydrogen) atoms. The van der Waals surface area contributed by atoms with E-state index in [0.29, 0.717) is 0 Å². The third kappa shape index (κ3) is 3.43. The second-order valence-corrected chi connectivity index (χ2v) is 13.1. The number of hydrogen-bond donors (Lipinski definition) is 0. The van der Waals surface area contributed by atoms with Gasteiger partial charge in [-0.3, -0.25) is 0 Å². The Balaban J connectivity index is 1.75. The molecule has 1 heterocycles. The molecule has 0 N–H and O–H groups in total. The lowest BCUT2D eigenvalue weighted by atomic mass is 10.1. The number of benzene rings is 5. The SMILES string of the molecule is Brc1ccc2sc3ccc(S(c4ccccc4)(c4ccccc4)c4ccccc4)cc3c2c1. The van der Waals surface area contributed by atoms with E-state index >= 15 is 0 Å². The van der Waals surface area contributed by atoms with Crippen LogP contribution in [0.3, 0.4) is 0 Å². The second-order valence-electron chi connectivity index (χ2n) is 7.95. The molecule has 0 spiro atoms. The van der Waals surface area contributed by atoms with Crippen molar-refractivity contribution in [3.05, 3.63) is 132 Å². The third-order valence-corrected chi connectivity index (χ3v) is 11.6. The monoisotopic (exact) mass is 524 g/mol. The first-order valence-corrected chi connectivity index (χ1v) is 14.1. The minimum Gasteiger partial charge on any atom is -0.135 e. The van der Waals surface area contributed by atoms with Crippen molar-refractivity contribution < 1.29 is 0 Å². The van der Waals surface area contributed by atoms with E-state index in [0.717, 1.165) is 4.47 Å². The van der Waals surface area contributed by atoms with Crippen LogP contribution in [-0.2, 0) is 0 Å². The summed E-state index contributed by atoms with van der Waals surface area (Å²) in [6, 6.07) is 46.8. The summed E-state index contributed by atoms with van der Waals surface area (Å²) in [6.07, 6.45) is 0. The van der Waals surface area contributed by atoms with Crippen LogP contribution in [0.2, 0.25) is 0 Å². The maximum absolute atomic E-state index is 3.68. The first-order chi connectivity index (χ1) is 16.3. The summed E-state index contributed by atoms with van der Waals surface area (Å²) >= 11 is 5.55. The molecule has 0 aliphatic rings. The van der Waals surface area contributed by atoms with Gasteiger partial charge in [-0.05, 0) is 72.8 Å². The highest BCUT2D eigenvalue weighted by atomic mass is 79.9. The van der Waals surface area contributed by atoms with Crippen LogP contribution in [0.15, 0.2) is 151 Å². The average molecular weight is 526 g/mol. The lowest BCUT2D eigenvalue weighted by molar-refractivity contribution is 1.25. The molecule has 0 bridgehead atoms. The van der Waals surface area contributed by atoms with Crippen LogP contribution in [0, 0.1) is 0 Å². The first kappa shape index (κ1) is 20.7. The van der Waals surface area contributed by atoms with Gasteiger partial charge in [-0.1, -0.05) is 70.5 Å². The molecule has 1 aromatic heterocycles. The smallest absolute Gasteiger partial charge is 0.0356 e. The van der Waals surface area contributed by atoms with Gasteiger partial charge < -0.3 is 0 Å². The van der Waals surface area contributed by atoms with Gasteiger partial charge in [0.15, 0.2) is 0 Å². The van der Waals surface area contributed by atoms with E-state index in [2.05, 4.69) is 143 Å². The topological polar surface area (TPSA) is 0 Å². The van der Waals surface area contributed by atoms with Crippen molar-refractivity contribution in [1.82, 2.24) is 0 Å². The summed E-state index contributed by atoms with van der Waals surface area (Å²) in [4.78, 5) is 5.41. The lowest BCUT2D eigenvalue weighted by Crippen LogP contribution is -2.04. The van der Waals surface area contributed by atoms with E-state index in [1.54, 1.807) is 0 Å². The molecule has 160 valence electrons. The maximum atomic E-state index is 3.68. The predicted octanol–water partition coefficient (Wildman–Crippen LogP) is 10.2. The number of rotatable bonds is 4. The average Bonchev–Trinajstić information content (AvgIpc) is 3.24. The molecule has 0 saturated carbocycles. The molecular weight excluding hydrogens is 504 g/mol. The Kier molecular flexibility index (Phi) is 5.34. The molecule has 0 amide bonds. The van der Waals surface area contributed by atoms with Crippen molar-refractivity contribution in [2.45, 2.75) is 19.6 Å². The molecule has 6 rings (SSSR count). The predicted molar refractivity (Wildman–Crippen MR) is 147 cm³/mol. The van der Waals surface area contributed by atoms with E-state index in [9.17, 15) is 0 Å². The van der Waals surface area contributed by atoms with Gasteiger partial charge in [0.25, 0.3) is 0 Å². The largest absolute Gasteiger partial charge is 0.135 e. The van der Waals surface area contributed by atoms with Crippen molar-refractivity contribution in [3.8, 4) is 0 Å². The summed E-state index contributed by atoms with van der Waals surface area (Å²) in [5.41, 5.74) is 0. The standard InChI is InChI=1S/C30H21BrS2/c31-22-16-18-29-27(20-22)28-21-26(17-19-30(28)32-29)33(23-10-4-1-5-11-23,24-12-6-2-7-13-24)25-14-8-3-9-15-25/h1-21H. The Morgan fingerprint density at radius 1 is 0.455 bits per heavy atom. The van der Waals surface area contributed by atoms with E-state index < -0.39 is 10.0 Å². The fraction of sp³-hybridized carbons (Fsp3) is 0. The third-order valence-electron chi connectivity index (χ3n) is 6.05. The summed E-state index contributed by atoms with van der Waals surface area (Å²) in [6.45, 7) is 0. The molecule has 0 atom stereocenters. The highest BCUT2D eigenvalue weighted by Crippen LogP contribution is 2.73. The van der Waals surface area contributed by atoms with Crippen LogP contribution in [-0.4, -0.2) is 0 Å². The second kappa shape index (κ2) is 8.49. The number of fused-ring (bicyclic) bond motifs is 3. The molecule has 0 fully saturated rings. The Morgan fingerprint density at radius 2 is 0.909 bits per heavy atom. The quantitative estimate of drug-likeness (QED) is 0.215. The van der Waals surface area contributed by atoms with E-state index in [1.165, 1.54) is 39.8 Å². The van der Waals surface area contributed by atoms with Crippen molar-refractivity contribution in [3.63, 3.8) is 0 Å². The van der Waals surface area contributed by atoms with Crippen LogP contribution in [0.5, 0.6) is 0 Å². The van der Waals surface area contributed by atoms with Gasteiger partial charge in [-0.15, -0.1) is 21.4 Å². The fourth-order valence-corrected chi connectivity index (χ4v) is 9.93. The minimum atomic E-state index is -1.67.